The van der Waals surface area contributed by atoms with Gasteiger partial charge in [0.25, 0.3) is 0 Å². The molecule has 322 valence electrons. The van der Waals surface area contributed by atoms with Crippen LogP contribution in [0.15, 0.2) is 72.8 Å². The van der Waals surface area contributed by atoms with Gasteiger partial charge in [-0.05, 0) is 107 Å². The van der Waals surface area contributed by atoms with Gasteiger partial charge in [-0.1, -0.05) is 76.2 Å². The number of hydrogen-bond donors (Lipinski definition) is 4. The van der Waals surface area contributed by atoms with Crippen LogP contribution in [0.25, 0.3) is 55.1 Å². The maximum atomic E-state index is 14.1. The van der Waals surface area contributed by atoms with Crippen molar-refractivity contribution < 1.29 is 28.7 Å². The average Bonchev–Trinajstić information content (AvgIpc) is 4.13. The number of alkyl carbamates (subject to hydrolysis) is 2. The normalized spacial score (nSPS) is 20.7. The summed E-state index contributed by atoms with van der Waals surface area (Å²) in [5.74, 6) is 1.42. The van der Waals surface area contributed by atoms with E-state index in [1.165, 1.54) is 14.2 Å². The largest absolute Gasteiger partial charge is 0.453 e. The molecule has 2 aromatic heterocycles. The highest BCUT2D eigenvalue weighted by atomic mass is 16.5. The Balaban J connectivity index is 1.00. The molecule has 4 heterocycles. The molecule has 5 atom stereocenters. The van der Waals surface area contributed by atoms with Gasteiger partial charge in [0.2, 0.25) is 11.8 Å². The second-order valence-electron chi connectivity index (χ2n) is 17.9. The Morgan fingerprint density at radius 3 is 1.90 bits per heavy atom. The van der Waals surface area contributed by atoms with Gasteiger partial charge in [0.05, 0.1) is 42.3 Å². The first-order chi connectivity index (χ1) is 29.9. The molecule has 2 aliphatic heterocycles. The topological polar surface area (TPSA) is 175 Å². The monoisotopic (exact) mass is 838 g/mol. The van der Waals surface area contributed by atoms with Crippen LogP contribution in [-0.2, 0) is 24.6 Å². The van der Waals surface area contributed by atoms with E-state index in [-0.39, 0.29) is 29.7 Å². The third-order valence-corrected chi connectivity index (χ3v) is 13.4. The lowest BCUT2D eigenvalue weighted by molar-refractivity contribution is -0.140. The Morgan fingerprint density at radius 2 is 1.32 bits per heavy atom. The smallest absolute Gasteiger partial charge is 0.407 e. The van der Waals surface area contributed by atoms with Crippen LogP contribution >= 0.6 is 0 Å². The van der Waals surface area contributed by atoms with E-state index in [1.54, 1.807) is 0 Å². The Bertz CT molecular complexity index is 2720. The van der Waals surface area contributed by atoms with E-state index >= 15 is 0 Å². The van der Waals surface area contributed by atoms with Crippen LogP contribution in [0.3, 0.4) is 0 Å². The van der Waals surface area contributed by atoms with Crippen molar-refractivity contribution in [3.63, 3.8) is 0 Å². The Morgan fingerprint density at radius 1 is 0.742 bits per heavy atom. The number of carbonyl (C=O) groups excluding carboxylic acids is 4. The zero-order valence-corrected chi connectivity index (χ0v) is 36.1. The minimum absolute atomic E-state index is 0.106. The number of nitrogens with zero attached hydrogens (tertiary/aromatic N) is 4. The maximum Gasteiger partial charge on any atom is 0.407 e. The van der Waals surface area contributed by atoms with Crippen LogP contribution in [0, 0.1) is 17.8 Å². The number of H-pyrrole nitrogens is 2. The third-order valence-electron chi connectivity index (χ3n) is 13.4. The molecule has 4 N–H and O–H groups in total. The van der Waals surface area contributed by atoms with Crippen molar-refractivity contribution in [2.45, 2.75) is 83.5 Å². The van der Waals surface area contributed by atoms with Gasteiger partial charge in [-0.2, -0.15) is 0 Å². The zero-order valence-electron chi connectivity index (χ0n) is 36.1. The number of carbonyl (C=O) groups is 4. The maximum absolute atomic E-state index is 14.1. The average molecular weight is 839 g/mol. The van der Waals surface area contributed by atoms with Crippen molar-refractivity contribution in [2.24, 2.45) is 17.8 Å². The van der Waals surface area contributed by atoms with Gasteiger partial charge in [0.1, 0.15) is 29.3 Å². The molecule has 5 unspecified atom stereocenters. The highest BCUT2D eigenvalue weighted by molar-refractivity contribution is 6.05. The van der Waals surface area contributed by atoms with Gasteiger partial charge in [0.15, 0.2) is 0 Å². The van der Waals surface area contributed by atoms with Crippen molar-refractivity contribution in [1.29, 1.82) is 0 Å². The third kappa shape index (κ3) is 7.08. The van der Waals surface area contributed by atoms with E-state index in [1.807, 2.05) is 43.6 Å². The lowest BCUT2D eigenvalue weighted by atomic mass is 9.92. The molecule has 4 amide bonds. The lowest BCUT2D eigenvalue weighted by Crippen LogP contribution is -2.56. The Hall–Kier alpha value is -6.44. The molecular weight excluding hydrogens is 785 g/mol. The number of aromatic nitrogens is 4. The second-order valence-corrected chi connectivity index (χ2v) is 17.9. The summed E-state index contributed by atoms with van der Waals surface area (Å²) in [6, 6.07) is 23.7. The summed E-state index contributed by atoms with van der Waals surface area (Å²) in [5.41, 5.74) is 7.13. The molecule has 14 heteroatoms. The summed E-state index contributed by atoms with van der Waals surface area (Å²) in [4.78, 5) is 73.2. The number of ether oxygens (including phenoxy) is 2. The van der Waals surface area contributed by atoms with Crippen molar-refractivity contribution >= 4 is 56.8 Å². The molecule has 4 aromatic carbocycles. The number of nitrogens with one attached hydrogen (secondary N) is 4. The molecule has 1 aliphatic carbocycles. The van der Waals surface area contributed by atoms with Gasteiger partial charge in [-0.15, -0.1) is 0 Å². The molecule has 1 saturated carbocycles. The predicted octanol–water partition coefficient (Wildman–Crippen LogP) is 8.19. The van der Waals surface area contributed by atoms with Crippen molar-refractivity contribution in [1.82, 2.24) is 40.4 Å². The molecule has 2 bridgehead atoms. The highest BCUT2D eigenvalue weighted by Crippen LogP contribution is 2.53. The molecule has 3 fully saturated rings. The van der Waals surface area contributed by atoms with Gasteiger partial charge in [0, 0.05) is 13.1 Å². The fourth-order valence-corrected chi connectivity index (χ4v) is 10.2. The van der Waals surface area contributed by atoms with Gasteiger partial charge in [-0.3, -0.25) is 9.59 Å². The van der Waals surface area contributed by atoms with Crippen molar-refractivity contribution in [3.05, 3.63) is 84.4 Å². The minimum atomic E-state index is -0.703. The number of amides is 4. The number of likely N-dealkylation sites (tertiary alicyclic amines) is 2. The van der Waals surface area contributed by atoms with E-state index in [0.29, 0.717) is 19.0 Å². The van der Waals surface area contributed by atoms with E-state index in [9.17, 15) is 19.2 Å². The summed E-state index contributed by atoms with van der Waals surface area (Å²) in [6.45, 7) is 8.90. The zero-order chi connectivity index (χ0) is 43.4. The predicted molar refractivity (Wildman–Crippen MR) is 237 cm³/mol. The number of fused-ring (bicyclic) bond motifs is 5. The molecule has 14 nitrogen and oxygen atoms in total. The first-order valence-electron chi connectivity index (χ1n) is 21.7. The fraction of sp³-hybridized carbons (Fsp3) is 0.417. The summed E-state index contributed by atoms with van der Waals surface area (Å²) in [7, 11) is 2.61. The molecule has 9 rings (SSSR count). The minimum Gasteiger partial charge on any atom is -0.453 e. The molecule has 6 aromatic rings. The quantitative estimate of drug-likeness (QED) is 0.107. The summed E-state index contributed by atoms with van der Waals surface area (Å²) in [5, 5.41) is 7.72. The number of imidazole rings is 2. The molecule has 3 aliphatic rings. The second kappa shape index (κ2) is 16.1. The van der Waals surface area contributed by atoms with Crippen LogP contribution in [0.5, 0.6) is 0 Å². The van der Waals surface area contributed by atoms with Crippen LogP contribution in [0.2, 0.25) is 0 Å². The molecule has 2 saturated heterocycles. The number of piperidine rings is 1. The van der Waals surface area contributed by atoms with Gasteiger partial charge >= 0.3 is 12.2 Å². The summed E-state index contributed by atoms with van der Waals surface area (Å²) < 4.78 is 9.66. The number of methoxy groups -OCH3 is 2. The Kier molecular flexibility index (Phi) is 10.6. The number of benzene rings is 4. The molecule has 0 radical (unpaired) electrons. The highest BCUT2D eigenvalue weighted by Gasteiger charge is 2.56. The summed E-state index contributed by atoms with van der Waals surface area (Å²) in [6.07, 6.45) is 3.03. The molecular formula is C48H54N8O6. The van der Waals surface area contributed by atoms with Crippen LogP contribution in [0.1, 0.15) is 77.5 Å². The first kappa shape index (κ1) is 40.9. The van der Waals surface area contributed by atoms with Crippen LogP contribution in [-0.4, -0.2) is 93.1 Å². The number of hydrogen-bond acceptors (Lipinski definition) is 8. The van der Waals surface area contributed by atoms with E-state index in [4.69, 9.17) is 19.4 Å². The number of rotatable bonds is 10. The first-order valence-corrected chi connectivity index (χ1v) is 21.7. The van der Waals surface area contributed by atoms with E-state index < -0.39 is 29.8 Å². The number of aromatic amines is 2. The SMILES string of the molecule is COC(=O)NC(C(=O)N1CCCC1c1nc2ccc(-c3cccc4c(-c5ccc6nc(C78CCC(CN7C(=O)C(NC(=O)OC)C(C)C)C8)[nH]c6c5)cccc34)cc2[nH]1)C(C)C. The summed E-state index contributed by atoms with van der Waals surface area (Å²) >= 11 is 0. The van der Waals surface area contributed by atoms with E-state index in [0.717, 1.165) is 98.8 Å². The van der Waals surface area contributed by atoms with Crippen molar-refractivity contribution in [3.8, 4) is 22.3 Å². The van der Waals surface area contributed by atoms with Gasteiger partial charge < -0.3 is 39.9 Å². The van der Waals surface area contributed by atoms with Crippen LogP contribution in [0.4, 0.5) is 9.59 Å². The molecule has 62 heavy (non-hydrogen) atoms. The fourth-order valence-electron chi connectivity index (χ4n) is 10.2. The Labute approximate surface area is 360 Å². The van der Waals surface area contributed by atoms with Crippen LogP contribution < -0.4 is 10.6 Å². The van der Waals surface area contributed by atoms with E-state index in [2.05, 4.69) is 87.3 Å². The lowest BCUT2D eigenvalue weighted by Gasteiger charge is -2.40. The van der Waals surface area contributed by atoms with Crippen molar-refractivity contribution in [2.75, 3.05) is 27.3 Å². The molecule has 0 spiro atoms. The van der Waals surface area contributed by atoms with Gasteiger partial charge in [-0.25, -0.2) is 19.6 Å². The standard InChI is InChI=1S/C48H54N8O6/c1-26(2)40(53-46(59)61-5)43(57)55-21-9-14-39(55)42-49-35-17-15-29(22-37(35)50-42)31-10-7-13-34-32(11-8-12-33(31)34)30-16-18-36-38(23-30)52-45(51-36)48-20-19-28(24-48)25-56(48)44(58)41(27(3)4)54-47(60)62-6/h7-8,10-13,15-18,22-23,26-28,39-41H,9,14,19-21,24-25H2,1-6H3,(H,49,50)(H,51,52)(H,53,59)(H,54,60).